The van der Waals surface area contributed by atoms with Gasteiger partial charge >= 0.3 is 0 Å². The largest absolute Gasteiger partial charge is 0.301 e. The van der Waals surface area contributed by atoms with Crippen molar-refractivity contribution in [3.63, 3.8) is 0 Å². The Morgan fingerprint density at radius 2 is 1.57 bits per heavy atom. The first-order valence-electron chi connectivity index (χ1n) is 9.93. The zero-order chi connectivity index (χ0) is 15.5. The molecule has 0 spiro atoms. The molecule has 0 saturated heterocycles. The zero-order valence-electron chi connectivity index (χ0n) is 15.4. The molecule has 0 heterocycles. The molecule has 1 aliphatic rings. The van der Waals surface area contributed by atoms with Gasteiger partial charge in [0, 0.05) is 6.04 Å². The number of hydrogen-bond acceptors (Lipinski definition) is 1. The van der Waals surface area contributed by atoms with Gasteiger partial charge in [0.25, 0.3) is 0 Å². The Hall–Kier alpha value is -0.0400. The van der Waals surface area contributed by atoms with Gasteiger partial charge in [-0.1, -0.05) is 72.1 Å². The van der Waals surface area contributed by atoms with E-state index in [1.54, 1.807) is 0 Å². The normalized spacial score (nSPS) is 20.4. The Balaban J connectivity index is 2.18. The third-order valence-electron chi connectivity index (χ3n) is 5.78. The predicted octanol–water partition coefficient (Wildman–Crippen LogP) is 6.27. The minimum atomic E-state index is 0.768. The zero-order valence-corrected chi connectivity index (χ0v) is 15.4. The number of hydrogen-bond donors (Lipinski definition) is 0. The highest BCUT2D eigenvalue weighted by molar-refractivity contribution is 4.71. The maximum absolute atomic E-state index is 2.70. The number of unbranched alkanes of at least 4 members (excludes halogenated alkanes) is 1. The summed E-state index contributed by atoms with van der Waals surface area (Å²) in [4.78, 5) is 2.70. The monoisotopic (exact) mass is 295 g/mol. The summed E-state index contributed by atoms with van der Waals surface area (Å²) >= 11 is 0. The molecule has 126 valence electrons. The predicted molar refractivity (Wildman–Crippen MR) is 95.8 cm³/mol. The van der Waals surface area contributed by atoms with Crippen LogP contribution in [0.15, 0.2) is 0 Å². The highest BCUT2D eigenvalue weighted by atomic mass is 15.1. The van der Waals surface area contributed by atoms with Crippen LogP contribution in [0.25, 0.3) is 0 Å². The number of rotatable bonds is 10. The van der Waals surface area contributed by atoms with Crippen molar-refractivity contribution in [2.45, 2.75) is 104 Å². The van der Waals surface area contributed by atoms with Gasteiger partial charge in [-0.25, -0.2) is 0 Å². The fourth-order valence-electron chi connectivity index (χ4n) is 3.99. The second-order valence-electron chi connectivity index (χ2n) is 7.52. The van der Waals surface area contributed by atoms with Crippen molar-refractivity contribution in [3.8, 4) is 0 Å². The molecule has 0 aliphatic heterocycles. The second-order valence-corrected chi connectivity index (χ2v) is 7.52. The first-order chi connectivity index (χ1) is 10.2. The topological polar surface area (TPSA) is 3.24 Å². The Morgan fingerprint density at radius 3 is 2.14 bits per heavy atom. The van der Waals surface area contributed by atoms with E-state index in [2.05, 4.69) is 32.6 Å². The fraction of sp³-hybridized carbons (Fsp3) is 1.00. The average molecular weight is 296 g/mol. The molecule has 1 rings (SSSR count). The van der Waals surface area contributed by atoms with E-state index in [0.717, 1.165) is 17.9 Å². The van der Waals surface area contributed by atoms with E-state index in [0.29, 0.717) is 0 Å². The molecular formula is C20H41N. The quantitative estimate of drug-likeness (QED) is 0.339. The van der Waals surface area contributed by atoms with Gasteiger partial charge in [0.2, 0.25) is 0 Å². The lowest BCUT2D eigenvalue weighted by molar-refractivity contribution is 0.196. The van der Waals surface area contributed by atoms with Gasteiger partial charge in [-0.3, -0.25) is 0 Å². The molecule has 21 heavy (non-hydrogen) atoms. The SMILES string of the molecule is CCCN(CCCCC(C)C1CCCCCC1)C(C)CC. The summed E-state index contributed by atoms with van der Waals surface area (Å²) in [5, 5.41) is 0. The summed E-state index contributed by atoms with van der Waals surface area (Å²) in [6, 6.07) is 0.768. The smallest absolute Gasteiger partial charge is 0.00642 e. The maximum atomic E-state index is 2.70. The van der Waals surface area contributed by atoms with Crippen LogP contribution in [0.5, 0.6) is 0 Å². The van der Waals surface area contributed by atoms with Crippen LogP contribution < -0.4 is 0 Å². The van der Waals surface area contributed by atoms with Gasteiger partial charge < -0.3 is 4.90 Å². The molecule has 2 atom stereocenters. The van der Waals surface area contributed by atoms with Crippen molar-refractivity contribution in [2.24, 2.45) is 11.8 Å². The van der Waals surface area contributed by atoms with E-state index in [4.69, 9.17) is 0 Å². The van der Waals surface area contributed by atoms with Crippen LogP contribution in [0, 0.1) is 11.8 Å². The van der Waals surface area contributed by atoms with E-state index in [9.17, 15) is 0 Å². The van der Waals surface area contributed by atoms with Gasteiger partial charge in [0.05, 0.1) is 0 Å². The molecule has 2 unspecified atom stereocenters. The van der Waals surface area contributed by atoms with Crippen LogP contribution in [-0.2, 0) is 0 Å². The molecule has 1 heteroatoms. The maximum Gasteiger partial charge on any atom is 0.00642 e. The molecular weight excluding hydrogens is 254 g/mol. The summed E-state index contributed by atoms with van der Waals surface area (Å²) in [6.07, 6.45) is 15.9. The van der Waals surface area contributed by atoms with Gasteiger partial charge in [-0.15, -0.1) is 0 Å². The highest BCUT2D eigenvalue weighted by Crippen LogP contribution is 2.31. The van der Waals surface area contributed by atoms with Crippen molar-refractivity contribution in [3.05, 3.63) is 0 Å². The van der Waals surface area contributed by atoms with Gasteiger partial charge in [0.15, 0.2) is 0 Å². The van der Waals surface area contributed by atoms with E-state index >= 15 is 0 Å². The molecule has 0 N–H and O–H groups in total. The Kier molecular flexibility index (Phi) is 10.4. The van der Waals surface area contributed by atoms with Crippen molar-refractivity contribution in [1.82, 2.24) is 4.90 Å². The Bertz CT molecular complexity index is 230. The van der Waals surface area contributed by atoms with Crippen molar-refractivity contribution in [1.29, 1.82) is 0 Å². The third-order valence-corrected chi connectivity index (χ3v) is 5.78. The minimum absolute atomic E-state index is 0.768. The Labute approximate surface area is 134 Å². The molecule has 1 fully saturated rings. The molecule has 1 aliphatic carbocycles. The average Bonchev–Trinajstić information content (AvgIpc) is 2.78. The van der Waals surface area contributed by atoms with Crippen LogP contribution in [0.2, 0.25) is 0 Å². The molecule has 1 saturated carbocycles. The lowest BCUT2D eigenvalue weighted by Crippen LogP contribution is -2.34. The summed E-state index contributed by atoms with van der Waals surface area (Å²) in [5.74, 6) is 2.00. The van der Waals surface area contributed by atoms with Gasteiger partial charge in [-0.2, -0.15) is 0 Å². The summed E-state index contributed by atoms with van der Waals surface area (Å²) < 4.78 is 0. The van der Waals surface area contributed by atoms with Crippen molar-refractivity contribution >= 4 is 0 Å². The third kappa shape index (κ3) is 7.68. The second kappa shape index (κ2) is 11.5. The van der Waals surface area contributed by atoms with Crippen LogP contribution in [0.3, 0.4) is 0 Å². The summed E-state index contributed by atoms with van der Waals surface area (Å²) in [6.45, 7) is 12.1. The number of nitrogens with zero attached hydrogens (tertiary/aromatic N) is 1. The standard InChI is InChI=1S/C20H41N/c1-5-16-21(19(4)6-2)17-12-11-13-18(3)20-14-9-7-8-10-15-20/h18-20H,5-17H2,1-4H3. The van der Waals surface area contributed by atoms with Gasteiger partial charge in [0.1, 0.15) is 0 Å². The van der Waals surface area contributed by atoms with Crippen LogP contribution in [0.1, 0.15) is 98.3 Å². The van der Waals surface area contributed by atoms with Crippen molar-refractivity contribution in [2.75, 3.05) is 13.1 Å². The molecule has 0 aromatic rings. The molecule has 0 amide bonds. The molecule has 0 aromatic carbocycles. The lowest BCUT2D eigenvalue weighted by Gasteiger charge is -2.28. The Morgan fingerprint density at radius 1 is 0.905 bits per heavy atom. The lowest BCUT2D eigenvalue weighted by atomic mass is 9.84. The molecule has 1 nitrogen and oxygen atoms in total. The first kappa shape index (κ1) is 19.0. The molecule has 0 bridgehead atoms. The molecule has 0 radical (unpaired) electrons. The van der Waals surface area contributed by atoms with E-state index < -0.39 is 0 Å². The van der Waals surface area contributed by atoms with E-state index in [1.165, 1.54) is 83.7 Å². The van der Waals surface area contributed by atoms with Crippen LogP contribution in [0.4, 0.5) is 0 Å². The van der Waals surface area contributed by atoms with E-state index in [-0.39, 0.29) is 0 Å². The summed E-state index contributed by atoms with van der Waals surface area (Å²) in [5.41, 5.74) is 0. The highest BCUT2D eigenvalue weighted by Gasteiger charge is 2.18. The minimum Gasteiger partial charge on any atom is -0.301 e. The van der Waals surface area contributed by atoms with Crippen molar-refractivity contribution < 1.29 is 0 Å². The fourth-order valence-corrected chi connectivity index (χ4v) is 3.99. The first-order valence-corrected chi connectivity index (χ1v) is 9.93. The summed E-state index contributed by atoms with van der Waals surface area (Å²) in [7, 11) is 0. The van der Waals surface area contributed by atoms with Crippen LogP contribution >= 0.6 is 0 Å². The van der Waals surface area contributed by atoms with E-state index in [1.807, 2.05) is 0 Å². The molecule has 0 aromatic heterocycles. The van der Waals surface area contributed by atoms with Gasteiger partial charge in [-0.05, 0) is 51.1 Å². The van der Waals surface area contributed by atoms with Crippen LogP contribution in [-0.4, -0.2) is 24.0 Å².